The minimum atomic E-state index is -0.461. The summed E-state index contributed by atoms with van der Waals surface area (Å²) >= 11 is 0. The van der Waals surface area contributed by atoms with Gasteiger partial charge in [-0.1, -0.05) is 6.07 Å². The lowest BCUT2D eigenvalue weighted by atomic mass is 9.97. The van der Waals surface area contributed by atoms with E-state index in [0.29, 0.717) is 12.0 Å². The van der Waals surface area contributed by atoms with Gasteiger partial charge in [0.1, 0.15) is 11.6 Å². The molecule has 0 aliphatic rings. The van der Waals surface area contributed by atoms with Crippen molar-refractivity contribution in [3.63, 3.8) is 0 Å². The summed E-state index contributed by atoms with van der Waals surface area (Å²) in [6.07, 6.45) is 3.12. The highest BCUT2D eigenvalue weighted by Crippen LogP contribution is 2.20. The maximum absolute atomic E-state index is 13.5. The predicted molar refractivity (Wildman–Crippen MR) is 66.0 cm³/mol. The van der Waals surface area contributed by atoms with Gasteiger partial charge in [0.2, 0.25) is 0 Å². The van der Waals surface area contributed by atoms with Gasteiger partial charge in [-0.05, 0) is 42.7 Å². The minimum absolute atomic E-state index is 0.278. The summed E-state index contributed by atoms with van der Waals surface area (Å²) in [5, 5.41) is 0. The third-order valence-electron chi connectivity index (χ3n) is 2.95. The fourth-order valence-corrected chi connectivity index (χ4v) is 1.92. The fraction of sp³-hybridized carbons (Fsp3) is 0.214. The average molecular weight is 248 g/mol. The molecule has 1 aromatic carbocycles. The molecule has 0 saturated heterocycles. The van der Waals surface area contributed by atoms with Crippen LogP contribution in [0.2, 0.25) is 0 Å². The molecule has 4 heteroatoms. The summed E-state index contributed by atoms with van der Waals surface area (Å²) in [5.74, 6) is -0.690. The zero-order valence-corrected chi connectivity index (χ0v) is 10.0. The Morgan fingerprint density at radius 1 is 1.28 bits per heavy atom. The quantitative estimate of drug-likeness (QED) is 0.907. The summed E-state index contributed by atoms with van der Waals surface area (Å²) in [6.45, 7) is 1.81. The lowest BCUT2D eigenvalue weighted by Gasteiger charge is -2.14. The number of hydrogen-bond donors (Lipinski definition) is 1. The van der Waals surface area contributed by atoms with Gasteiger partial charge in [0.05, 0.1) is 6.20 Å². The van der Waals surface area contributed by atoms with E-state index >= 15 is 0 Å². The maximum Gasteiger partial charge on any atom is 0.146 e. The van der Waals surface area contributed by atoms with E-state index < -0.39 is 11.9 Å². The molecule has 0 radical (unpaired) electrons. The second kappa shape index (κ2) is 5.23. The number of benzene rings is 1. The second-order valence-electron chi connectivity index (χ2n) is 4.28. The molecule has 18 heavy (non-hydrogen) atoms. The third-order valence-corrected chi connectivity index (χ3v) is 2.95. The number of nitrogens with two attached hydrogens (primary N) is 1. The van der Waals surface area contributed by atoms with E-state index in [9.17, 15) is 8.78 Å². The average Bonchev–Trinajstić information content (AvgIpc) is 2.33. The number of halogens is 2. The summed E-state index contributed by atoms with van der Waals surface area (Å²) in [5.41, 5.74) is 8.13. The van der Waals surface area contributed by atoms with Crippen LogP contribution in [0, 0.1) is 18.6 Å². The molecule has 0 aliphatic carbocycles. The molecule has 0 spiro atoms. The topological polar surface area (TPSA) is 38.9 Å². The first-order valence-electron chi connectivity index (χ1n) is 5.68. The molecule has 1 atom stereocenters. The van der Waals surface area contributed by atoms with Gasteiger partial charge in [0.25, 0.3) is 0 Å². The number of aromatic nitrogens is 1. The zero-order valence-electron chi connectivity index (χ0n) is 10.0. The van der Waals surface area contributed by atoms with E-state index in [-0.39, 0.29) is 5.82 Å². The molecule has 1 heterocycles. The van der Waals surface area contributed by atoms with Crippen molar-refractivity contribution in [2.45, 2.75) is 19.4 Å². The molecule has 94 valence electrons. The smallest absolute Gasteiger partial charge is 0.146 e. The Morgan fingerprint density at radius 3 is 2.72 bits per heavy atom. The molecule has 0 bridgehead atoms. The first-order valence-corrected chi connectivity index (χ1v) is 5.68. The Labute approximate surface area is 104 Å². The molecule has 2 rings (SSSR count). The zero-order chi connectivity index (χ0) is 13.1. The van der Waals surface area contributed by atoms with Crippen molar-refractivity contribution in [1.82, 2.24) is 4.98 Å². The van der Waals surface area contributed by atoms with Crippen LogP contribution in [0.1, 0.15) is 22.7 Å². The van der Waals surface area contributed by atoms with Gasteiger partial charge in [0, 0.05) is 17.8 Å². The van der Waals surface area contributed by atoms with E-state index in [2.05, 4.69) is 4.98 Å². The Morgan fingerprint density at radius 2 is 2.06 bits per heavy atom. The Hall–Kier alpha value is -1.81. The van der Waals surface area contributed by atoms with E-state index in [1.807, 2.05) is 6.92 Å². The molecular weight excluding hydrogens is 234 g/mol. The highest BCUT2D eigenvalue weighted by Gasteiger charge is 2.13. The van der Waals surface area contributed by atoms with Crippen LogP contribution in [0.25, 0.3) is 0 Å². The van der Waals surface area contributed by atoms with E-state index in [4.69, 9.17) is 5.73 Å². The van der Waals surface area contributed by atoms with Crippen LogP contribution in [0.3, 0.4) is 0 Å². The van der Waals surface area contributed by atoms with Gasteiger partial charge < -0.3 is 5.73 Å². The van der Waals surface area contributed by atoms with Crippen LogP contribution in [0.15, 0.2) is 36.7 Å². The van der Waals surface area contributed by atoms with Crippen LogP contribution in [0.4, 0.5) is 8.78 Å². The summed E-state index contributed by atoms with van der Waals surface area (Å²) in [4.78, 5) is 3.68. The summed E-state index contributed by atoms with van der Waals surface area (Å²) in [7, 11) is 0. The molecular formula is C14H14F2N2. The van der Waals surface area contributed by atoms with Crippen molar-refractivity contribution in [2.75, 3.05) is 0 Å². The second-order valence-corrected chi connectivity index (χ2v) is 4.28. The van der Waals surface area contributed by atoms with Crippen LogP contribution in [-0.4, -0.2) is 4.98 Å². The van der Waals surface area contributed by atoms with E-state index in [1.54, 1.807) is 12.1 Å². The molecule has 2 N–H and O–H groups in total. The molecule has 2 nitrogen and oxygen atoms in total. The molecule has 0 fully saturated rings. The van der Waals surface area contributed by atoms with Crippen LogP contribution in [0.5, 0.6) is 0 Å². The van der Waals surface area contributed by atoms with E-state index in [0.717, 1.165) is 17.3 Å². The monoisotopic (exact) mass is 248 g/mol. The van der Waals surface area contributed by atoms with Crippen molar-refractivity contribution in [3.8, 4) is 0 Å². The van der Waals surface area contributed by atoms with Crippen molar-refractivity contribution >= 4 is 0 Å². The number of hydrogen-bond acceptors (Lipinski definition) is 2. The van der Waals surface area contributed by atoms with Gasteiger partial charge in [-0.25, -0.2) is 8.78 Å². The van der Waals surface area contributed by atoms with Gasteiger partial charge in [-0.15, -0.1) is 0 Å². The maximum atomic E-state index is 13.5. The SMILES string of the molecule is Cc1cc(F)ccc1CC(N)c1ccncc1F. The highest BCUT2D eigenvalue weighted by atomic mass is 19.1. The number of aryl methyl sites for hydroxylation is 1. The molecule has 1 unspecified atom stereocenters. The Kier molecular flexibility index (Phi) is 3.67. The Balaban J connectivity index is 2.21. The highest BCUT2D eigenvalue weighted by molar-refractivity contribution is 5.29. The number of nitrogens with zero attached hydrogens (tertiary/aromatic N) is 1. The normalized spacial score (nSPS) is 12.4. The van der Waals surface area contributed by atoms with Crippen molar-refractivity contribution < 1.29 is 8.78 Å². The van der Waals surface area contributed by atoms with Gasteiger partial charge in [0.15, 0.2) is 0 Å². The molecule has 0 amide bonds. The van der Waals surface area contributed by atoms with Gasteiger partial charge in [-0.2, -0.15) is 0 Å². The Bertz CT molecular complexity index is 555. The number of rotatable bonds is 3. The molecule has 1 aromatic heterocycles. The van der Waals surface area contributed by atoms with Gasteiger partial charge in [-0.3, -0.25) is 4.98 Å². The number of pyridine rings is 1. The first kappa shape index (κ1) is 12.6. The largest absolute Gasteiger partial charge is 0.324 e. The standard InChI is InChI=1S/C14H14F2N2/c1-9-6-11(15)3-2-10(9)7-14(17)12-4-5-18-8-13(12)16/h2-6,8,14H,7,17H2,1H3. The lowest BCUT2D eigenvalue weighted by molar-refractivity contribution is 0.573. The van der Waals surface area contributed by atoms with Crippen LogP contribution >= 0.6 is 0 Å². The molecule has 0 saturated carbocycles. The van der Waals surface area contributed by atoms with Crippen LogP contribution < -0.4 is 5.73 Å². The summed E-state index contributed by atoms with van der Waals surface area (Å²) in [6, 6.07) is 5.63. The van der Waals surface area contributed by atoms with Gasteiger partial charge >= 0.3 is 0 Å². The lowest BCUT2D eigenvalue weighted by Crippen LogP contribution is -2.15. The first-order chi connectivity index (χ1) is 8.58. The fourth-order valence-electron chi connectivity index (χ4n) is 1.92. The minimum Gasteiger partial charge on any atom is -0.324 e. The molecule has 0 aliphatic heterocycles. The van der Waals surface area contributed by atoms with Crippen molar-refractivity contribution in [1.29, 1.82) is 0 Å². The summed E-state index contributed by atoms with van der Waals surface area (Å²) < 4.78 is 26.5. The molecule has 2 aromatic rings. The van der Waals surface area contributed by atoms with E-state index in [1.165, 1.54) is 18.3 Å². The third kappa shape index (κ3) is 2.71. The predicted octanol–water partition coefficient (Wildman–Crippen LogP) is 2.91. The van der Waals surface area contributed by atoms with Crippen molar-refractivity contribution in [3.05, 3.63) is 65.0 Å². The van der Waals surface area contributed by atoms with Crippen molar-refractivity contribution in [2.24, 2.45) is 5.73 Å². The van der Waals surface area contributed by atoms with Crippen LogP contribution in [-0.2, 0) is 6.42 Å².